The molecular weight excluding hydrogens is 411 g/mol. The largest absolute Gasteiger partial charge is 0.473 e. The summed E-state index contributed by atoms with van der Waals surface area (Å²) in [4.78, 5) is 13.2. The van der Waals surface area contributed by atoms with Crippen molar-refractivity contribution in [1.82, 2.24) is 19.3 Å². The lowest BCUT2D eigenvalue weighted by molar-refractivity contribution is -0.0987. The summed E-state index contributed by atoms with van der Waals surface area (Å²) >= 11 is 0. The fourth-order valence-corrected chi connectivity index (χ4v) is 4.21. The minimum absolute atomic E-state index is 0.0740. The van der Waals surface area contributed by atoms with E-state index in [9.17, 15) is 12.8 Å². The minimum atomic E-state index is -3.33. The highest BCUT2D eigenvalue weighted by molar-refractivity contribution is 7.88. The van der Waals surface area contributed by atoms with Crippen molar-refractivity contribution >= 4 is 21.1 Å². The summed E-state index contributed by atoms with van der Waals surface area (Å²) in [5.74, 6) is -0.0881. The maximum Gasteiger partial charge on any atom is 0.242 e. The van der Waals surface area contributed by atoms with Crippen LogP contribution in [0.25, 0.3) is 22.3 Å². The molecule has 1 unspecified atom stereocenters. The van der Waals surface area contributed by atoms with Gasteiger partial charge in [-0.3, -0.25) is 4.98 Å². The van der Waals surface area contributed by atoms with Gasteiger partial charge in [0.2, 0.25) is 15.9 Å². The Morgan fingerprint density at radius 1 is 1.23 bits per heavy atom. The third-order valence-corrected chi connectivity index (χ3v) is 6.10. The van der Waals surface area contributed by atoms with Crippen LogP contribution < -0.4 is 4.74 Å². The smallest absolute Gasteiger partial charge is 0.242 e. The van der Waals surface area contributed by atoms with Crippen molar-refractivity contribution in [2.45, 2.75) is 12.5 Å². The fraction of sp³-hybridized carbons (Fsp3) is 0.350. The van der Waals surface area contributed by atoms with E-state index in [0.717, 1.165) is 0 Å². The van der Waals surface area contributed by atoms with Gasteiger partial charge in [-0.2, -0.15) is 4.31 Å². The van der Waals surface area contributed by atoms with Crippen LogP contribution in [-0.4, -0.2) is 65.8 Å². The van der Waals surface area contributed by atoms with Crippen molar-refractivity contribution in [2.75, 3.05) is 32.6 Å². The highest BCUT2D eigenvalue weighted by atomic mass is 32.2. The number of aromatic nitrogens is 3. The van der Waals surface area contributed by atoms with Crippen LogP contribution in [0.2, 0.25) is 0 Å². The molecule has 1 aliphatic rings. The maximum atomic E-state index is 13.3. The Morgan fingerprint density at radius 2 is 1.97 bits per heavy atom. The SMILES string of the molecule is CC1(COc2nc(-c3ccc(F)cc3)cc3nccnc23)CN(S(C)(=O)=O)CCO1. The molecule has 1 fully saturated rings. The van der Waals surface area contributed by atoms with E-state index in [-0.39, 0.29) is 31.5 Å². The predicted octanol–water partition coefficient (Wildman–Crippen LogP) is 2.26. The van der Waals surface area contributed by atoms with E-state index >= 15 is 0 Å². The molecule has 0 bridgehead atoms. The third kappa shape index (κ3) is 4.40. The normalized spacial score (nSPS) is 20.4. The van der Waals surface area contributed by atoms with Crippen molar-refractivity contribution in [3.8, 4) is 17.1 Å². The molecular formula is C20H21FN4O4S. The third-order valence-electron chi connectivity index (χ3n) is 4.85. The molecule has 3 aromatic rings. The van der Waals surface area contributed by atoms with Crippen molar-refractivity contribution in [3.05, 3.63) is 48.5 Å². The zero-order valence-electron chi connectivity index (χ0n) is 16.6. The van der Waals surface area contributed by atoms with Crippen LogP contribution >= 0.6 is 0 Å². The zero-order chi connectivity index (χ0) is 21.4. The van der Waals surface area contributed by atoms with Crippen LogP contribution in [0.3, 0.4) is 0 Å². The van der Waals surface area contributed by atoms with Crippen molar-refractivity contribution < 1.29 is 22.3 Å². The fourth-order valence-electron chi connectivity index (χ4n) is 3.30. The average Bonchev–Trinajstić information content (AvgIpc) is 2.72. The summed E-state index contributed by atoms with van der Waals surface area (Å²) in [6.45, 7) is 2.62. The molecule has 30 heavy (non-hydrogen) atoms. The van der Waals surface area contributed by atoms with Gasteiger partial charge >= 0.3 is 0 Å². The average molecular weight is 432 g/mol. The van der Waals surface area contributed by atoms with E-state index in [1.807, 2.05) is 0 Å². The van der Waals surface area contributed by atoms with E-state index in [2.05, 4.69) is 15.0 Å². The van der Waals surface area contributed by atoms with Crippen LogP contribution in [0.5, 0.6) is 5.88 Å². The number of morpholine rings is 1. The van der Waals surface area contributed by atoms with Crippen LogP contribution in [0.4, 0.5) is 4.39 Å². The summed E-state index contributed by atoms with van der Waals surface area (Å²) in [6, 6.07) is 7.72. The Kier molecular flexibility index (Phi) is 5.39. The molecule has 2 aromatic heterocycles. The molecule has 0 N–H and O–H groups in total. The first-order chi connectivity index (χ1) is 14.2. The van der Waals surface area contributed by atoms with E-state index in [0.29, 0.717) is 28.8 Å². The van der Waals surface area contributed by atoms with Gasteiger partial charge in [0.1, 0.15) is 18.0 Å². The molecule has 3 heterocycles. The molecule has 158 valence electrons. The van der Waals surface area contributed by atoms with Crippen molar-refractivity contribution in [1.29, 1.82) is 0 Å². The molecule has 8 nitrogen and oxygen atoms in total. The Bertz CT molecular complexity index is 1170. The van der Waals surface area contributed by atoms with E-state index in [1.54, 1.807) is 37.5 Å². The molecule has 0 aliphatic carbocycles. The first kappa shape index (κ1) is 20.6. The number of sulfonamides is 1. The van der Waals surface area contributed by atoms with Gasteiger partial charge in [-0.05, 0) is 37.3 Å². The van der Waals surface area contributed by atoms with Crippen molar-refractivity contribution in [2.24, 2.45) is 0 Å². The maximum absolute atomic E-state index is 13.3. The van der Waals surface area contributed by atoms with Crippen LogP contribution in [0.15, 0.2) is 42.7 Å². The summed E-state index contributed by atoms with van der Waals surface area (Å²) in [5, 5.41) is 0. The molecule has 1 aromatic carbocycles. The molecule has 0 amide bonds. The topological polar surface area (TPSA) is 94.5 Å². The Balaban J connectivity index is 1.64. The highest BCUT2D eigenvalue weighted by Gasteiger charge is 2.37. The van der Waals surface area contributed by atoms with Crippen LogP contribution in [-0.2, 0) is 14.8 Å². The quantitative estimate of drug-likeness (QED) is 0.610. The van der Waals surface area contributed by atoms with E-state index in [1.165, 1.54) is 22.7 Å². The van der Waals surface area contributed by atoms with Gasteiger partial charge in [0.15, 0.2) is 5.52 Å². The Labute approximate surface area is 173 Å². The molecule has 0 spiro atoms. The van der Waals surface area contributed by atoms with E-state index < -0.39 is 15.6 Å². The zero-order valence-corrected chi connectivity index (χ0v) is 17.4. The van der Waals surface area contributed by atoms with Gasteiger partial charge in [-0.1, -0.05) is 0 Å². The number of hydrogen-bond acceptors (Lipinski definition) is 7. The summed E-state index contributed by atoms with van der Waals surface area (Å²) in [5.41, 5.74) is 1.48. The van der Waals surface area contributed by atoms with Gasteiger partial charge in [0.25, 0.3) is 0 Å². The van der Waals surface area contributed by atoms with Gasteiger partial charge in [0, 0.05) is 31.0 Å². The highest BCUT2D eigenvalue weighted by Crippen LogP contribution is 2.28. The second-order valence-electron chi connectivity index (χ2n) is 7.43. The van der Waals surface area contributed by atoms with Crippen LogP contribution in [0, 0.1) is 5.82 Å². The number of fused-ring (bicyclic) bond motifs is 1. The Morgan fingerprint density at radius 3 is 2.70 bits per heavy atom. The summed E-state index contributed by atoms with van der Waals surface area (Å²) < 4.78 is 50.3. The van der Waals surface area contributed by atoms with Crippen molar-refractivity contribution in [3.63, 3.8) is 0 Å². The minimum Gasteiger partial charge on any atom is -0.473 e. The molecule has 1 atom stereocenters. The number of hydrogen-bond donors (Lipinski definition) is 0. The van der Waals surface area contributed by atoms with Gasteiger partial charge in [-0.15, -0.1) is 0 Å². The second kappa shape index (κ2) is 7.86. The number of nitrogens with zero attached hydrogens (tertiary/aromatic N) is 4. The lowest BCUT2D eigenvalue weighted by Gasteiger charge is -2.38. The summed E-state index contributed by atoms with van der Waals surface area (Å²) in [6.07, 6.45) is 4.28. The molecule has 0 saturated carbocycles. The summed E-state index contributed by atoms with van der Waals surface area (Å²) in [7, 11) is -3.33. The van der Waals surface area contributed by atoms with Gasteiger partial charge in [-0.25, -0.2) is 22.8 Å². The first-order valence-electron chi connectivity index (χ1n) is 9.33. The van der Waals surface area contributed by atoms with E-state index in [4.69, 9.17) is 9.47 Å². The predicted molar refractivity (Wildman–Crippen MR) is 109 cm³/mol. The lowest BCUT2D eigenvalue weighted by Crippen LogP contribution is -2.54. The molecule has 4 rings (SSSR count). The molecule has 1 saturated heterocycles. The lowest BCUT2D eigenvalue weighted by atomic mass is 10.1. The number of halogens is 1. The molecule has 10 heteroatoms. The standard InChI is InChI=1S/C20H21FN4O4S/c1-20(12-25(9-10-29-20)30(2,26)27)13-28-19-18-17(22-7-8-23-18)11-16(24-19)14-3-5-15(21)6-4-14/h3-8,11H,9-10,12-13H2,1-2H3. The Hall–Kier alpha value is -2.69. The van der Waals surface area contributed by atoms with Crippen LogP contribution in [0.1, 0.15) is 6.92 Å². The number of benzene rings is 1. The van der Waals surface area contributed by atoms with Gasteiger partial charge < -0.3 is 9.47 Å². The molecule has 1 aliphatic heterocycles. The monoisotopic (exact) mass is 432 g/mol. The van der Waals surface area contributed by atoms with Gasteiger partial charge in [0.05, 0.1) is 24.1 Å². The number of ether oxygens (including phenoxy) is 2. The second-order valence-corrected chi connectivity index (χ2v) is 9.41. The molecule has 0 radical (unpaired) electrons. The first-order valence-corrected chi connectivity index (χ1v) is 11.2. The number of pyridine rings is 1. The number of rotatable bonds is 5.